The molecule has 86 valence electrons. The van der Waals surface area contributed by atoms with Crippen LogP contribution in [-0.4, -0.2) is 49.1 Å². The van der Waals surface area contributed by atoms with Crippen molar-refractivity contribution in [2.75, 3.05) is 33.0 Å². The third kappa shape index (κ3) is 10.1. The molecule has 0 rings (SSSR count). The van der Waals surface area contributed by atoms with Gasteiger partial charge in [0.25, 0.3) is 0 Å². The molecule has 0 bridgehead atoms. The predicted octanol–water partition coefficient (Wildman–Crippen LogP) is -0.456. The van der Waals surface area contributed by atoms with Gasteiger partial charge in [0.2, 0.25) is 0 Å². The Morgan fingerprint density at radius 3 is 2.64 bits per heavy atom. The Bertz CT molecular complexity index is 183. The summed E-state index contributed by atoms with van der Waals surface area (Å²) in [6, 6.07) is 0. The summed E-state index contributed by atoms with van der Waals surface area (Å²) >= 11 is 0. The highest BCUT2D eigenvalue weighted by molar-refractivity contribution is 7.51. The molecule has 0 saturated heterocycles. The van der Waals surface area contributed by atoms with Gasteiger partial charge < -0.3 is 25.0 Å². The molecule has 0 aliphatic rings. The Morgan fingerprint density at radius 2 is 2.14 bits per heavy atom. The largest absolute Gasteiger partial charge is 0.388 e. The van der Waals surface area contributed by atoms with Crippen LogP contribution in [0.5, 0.6) is 0 Å². The molecule has 6 nitrogen and oxygen atoms in total. The zero-order valence-electron chi connectivity index (χ0n) is 8.26. The van der Waals surface area contributed by atoms with E-state index in [9.17, 15) is 9.67 Å². The Hall–Kier alpha value is 0.0300. The van der Waals surface area contributed by atoms with Crippen LogP contribution in [-0.2, 0) is 13.8 Å². The van der Waals surface area contributed by atoms with Gasteiger partial charge in [0.05, 0.1) is 13.2 Å². The van der Waals surface area contributed by atoms with Crippen LogP contribution >= 0.6 is 7.60 Å². The minimum atomic E-state index is -3.50. The fourth-order valence-electron chi connectivity index (χ4n) is 0.677. The van der Waals surface area contributed by atoms with Crippen molar-refractivity contribution in [3.63, 3.8) is 0 Å². The van der Waals surface area contributed by atoms with Crippen LogP contribution < -0.4 is 5.73 Å². The van der Waals surface area contributed by atoms with E-state index in [1.807, 2.05) is 0 Å². The first-order valence-corrected chi connectivity index (χ1v) is 6.39. The van der Waals surface area contributed by atoms with Crippen LogP contribution in [0.2, 0.25) is 0 Å². The van der Waals surface area contributed by atoms with Crippen LogP contribution in [0.15, 0.2) is 0 Å². The van der Waals surface area contributed by atoms with Crippen LogP contribution in [0.1, 0.15) is 6.42 Å². The molecule has 0 aromatic rings. The molecule has 14 heavy (non-hydrogen) atoms. The topological polar surface area (TPSA) is 102 Å². The number of hydrogen-bond donors (Lipinski definition) is 3. The highest BCUT2D eigenvalue weighted by atomic mass is 31.2. The molecule has 0 saturated carbocycles. The van der Waals surface area contributed by atoms with Crippen molar-refractivity contribution in [1.82, 2.24) is 0 Å². The summed E-state index contributed by atoms with van der Waals surface area (Å²) in [5, 5.41) is 9.20. The number of aliphatic hydroxyl groups is 1. The van der Waals surface area contributed by atoms with Gasteiger partial charge in [-0.3, -0.25) is 4.57 Å². The molecular formula is C7H18NO5P. The summed E-state index contributed by atoms with van der Waals surface area (Å²) in [5.41, 5.74) is 5.22. The van der Waals surface area contributed by atoms with E-state index in [0.29, 0.717) is 13.2 Å². The molecule has 0 aliphatic heterocycles. The normalized spacial score (nSPS) is 17.7. The number of hydrogen-bond acceptors (Lipinski definition) is 5. The maximum Gasteiger partial charge on any atom is 0.325 e. The van der Waals surface area contributed by atoms with E-state index >= 15 is 0 Å². The van der Waals surface area contributed by atoms with Crippen molar-refractivity contribution in [3.05, 3.63) is 0 Å². The van der Waals surface area contributed by atoms with E-state index in [1.165, 1.54) is 0 Å². The van der Waals surface area contributed by atoms with Gasteiger partial charge in [-0.25, -0.2) is 0 Å². The summed E-state index contributed by atoms with van der Waals surface area (Å²) in [7, 11) is -3.50. The Labute approximate surface area is 83.5 Å². The molecule has 0 spiro atoms. The standard InChI is InChI=1S/C7H18NO5P/c1-14(10,11)13-6-7(9)5-12-4-2-3-8/h7,9H,2-6,8H2,1H3,(H,10,11). The maximum atomic E-state index is 10.7. The Kier molecular flexibility index (Phi) is 7.35. The summed E-state index contributed by atoms with van der Waals surface area (Å²) in [4.78, 5) is 8.74. The van der Waals surface area contributed by atoms with Crippen LogP contribution in [0.25, 0.3) is 0 Å². The molecular weight excluding hydrogens is 209 g/mol. The number of aliphatic hydroxyl groups excluding tert-OH is 1. The quantitative estimate of drug-likeness (QED) is 0.383. The van der Waals surface area contributed by atoms with E-state index in [1.54, 1.807) is 0 Å². The fourth-order valence-corrected chi connectivity index (χ4v) is 1.13. The summed E-state index contributed by atoms with van der Waals surface area (Å²) in [5.74, 6) is 0. The lowest BCUT2D eigenvalue weighted by Gasteiger charge is -2.12. The average molecular weight is 227 g/mol. The zero-order chi connectivity index (χ0) is 11.0. The number of rotatable bonds is 8. The first kappa shape index (κ1) is 14.0. The Balaban J connectivity index is 3.37. The predicted molar refractivity (Wildman–Crippen MR) is 52.2 cm³/mol. The minimum absolute atomic E-state index is 0.0833. The third-order valence-corrected chi connectivity index (χ3v) is 1.94. The van der Waals surface area contributed by atoms with E-state index in [0.717, 1.165) is 13.1 Å². The smallest absolute Gasteiger partial charge is 0.325 e. The highest BCUT2D eigenvalue weighted by Crippen LogP contribution is 2.36. The zero-order valence-corrected chi connectivity index (χ0v) is 9.15. The summed E-state index contributed by atoms with van der Waals surface area (Å²) in [6.45, 7) is 1.95. The third-order valence-electron chi connectivity index (χ3n) is 1.31. The summed E-state index contributed by atoms with van der Waals surface area (Å²) in [6.07, 6.45) is -0.159. The second-order valence-electron chi connectivity index (χ2n) is 2.97. The molecule has 0 aromatic carbocycles. The van der Waals surface area contributed by atoms with Crippen molar-refractivity contribution < 1.29 is 23.8 Å². The molecule has 0 fully saturated rings. The molecule has 0 heterocycles. The Morgan fingerprint density at radius 1 is 1.50 bits per heavy atom. The molecule has 7 heteroatoms. The van der Waals surface area contributed by atoms with E-state index < -0.39 is 13.7 Å². The van der Waals surface area contributed by atoms with Gasteiger partial charge in [-0.05, 0) is 13.0 Å². The molecule has 2 unspecified atom stereocenters. The molecule has 4 N–H and O–H groups in total. The number of nitrogens with two attached hydrogens (primary N) is 1. The van der Waals surface area contributed by atoms with Gasteiger partial charge in [-0.2, -0.15) is 0 Å². The average Bonchev–Trinajstić information content (AvgIpc) is 2.08. The lowest BCUT2D eigenvalue weighted by Crippen LogP contribution is -2.21. The molecule has 0 radical (unpaired) electrons. The first-order valence-electron chi connectivity index (χ1n) is 4.36. The van der Waals surface area contributed by atoms with Gasteiger partial charge in [-0.15, -0.1) is 0 Å². The van der Waals surface area contributed by atoms with Crippen LogP contribution in [0, 0.1) is 0 Å². The monoisotopic (exact) mass is 227 g/mol. The van der Waals surface area contributed by atoms with Crippen molar-refractivity contribution in [2.24, 2.45) is 5.73 Å². The van der Waals surface area contributed by atoms with Gasteiger partial charge in [0, 0.05) is 13.3 Å². The van der Waals surface area contributed by atoms with E-state index in [2.05, 4.69) is 4.52 Å². The maximum absolute atomic E-state index is 10.7. The number of ether oxygens (including phenoxy) is 1. The highest BCUT2D eigenvalue weighted by Gasteiger charge is 2.13. The van der Waals surface area contributed by atoms with Crippen molar-refractivity contribution in [3.8, 4) is 0 Å². The van der Waals surface area contributed by atoms with Gasteiger partial charge in [0.15, 0.2) is 0 Å². The molecule has 0 aliphatic carbocycles. The lowest BCUT2D eigenvalue weighted by atomic mass is 10.4. The SMILES string of the molecule is CP(=O)(O)OCC(O)COCCCN. The molecule has 0 amide bonds. The molecule has 2 atom stereocenters. The van der Waals surface area contributed by atoms with E-state index in [4.69, 9.17) is 15.4 Å². The first-order chi connectivity index (χ1) is 6.45. The minimum Gasteiger partial charge on any atom is -0.388 e. The van der Waals surface area contributed by atoms with Crippen molar-refractivity contribution in [2.45, 2.75) is 12.5 Å². The lowest BCUT2D eigenvalue weighted by molar-refractivity contribution is 0.0101. The van der Waals surface area contributed by atoms with Crippen LogP contribution in [0.4, 0.5) is 0 Å². The van der Waals surface area contributed by atoms with Gasteiger partial charge in [0.1, 0.15) is 6.10 Å². The second-order valence-corrected chi connectivity index (χ2v) is 4.83. The summed E-state index contributed by atoms with van der Waals surface area (Å²) < 4.78 is 20.2. The van der Waals surface area contributed by atoms with Crippen molar-refractivity contribution in [1.29, 1.82) is 0 Å². The van der Waals surface area contributed by atoms with Crippen LogP contribution in [0.3, 0.4) is 0 Å². The van der Waals surface area contributed by atoms with Gasteiger partial charge in [-0.1, -0.05) is 0 Å². The van der Waals surface area contributed by atoms with Gasteiger partial charge >= 0.3 is 7.60 Å². The molecule has 0 aromatic heterocycles. The fraction of sp³-hybridized carbons (Fsp3) is 1.00. The van der Waals surface area contributed by atoms with E-state index in [-0.39, 0.29) is 13.2 Å². The van der Waals surface area contributed by atoms with Crippen molar-refractivity contribution >= 4 is 7.60 Å². The second kappa shape index (κ2) is 7.34.